The van der Waals surface area contributed by atoms with E-state index in [1.807, 2.05) is 6.07 Å². The predicted octanol–water partition coefficient (Wildman–Crippen LogP) is 3.59. The van der Waals surface area contributed by atoms with E-state index in [1.165, 1.54) is 31.2 Å². The van der Waals surface area contributed by atoms with Crippen LogP contribution in [0.15, 0.2) is 18.2 Å². The second-order valence-corrected chi connectivity index (χ2v) is 7.63. The molecule has 1 atom stereocenters. The van der Waals surface area contributed by atoms with Gasteiger partial charge in [0.05, 0.1) is 20.3 Å². The first-order chi connectivity index (χ1) is 12.7. The number of hydrogen-bond donors (Lipinski definition) is 2. The molecular weight excluding hydrogens is 364 g/mol. The summed E-state index contributed by atoms with van der Waals surface area (Å²) < 4.78 is 10.9. The Bertz CT molecular complexity index is 611. The van der Waals surface area contributed by atoms with Gasteiger partial charge in [0.2, 0.25) is 5.91 Å². The third-order valence-electron chi connectivity index (χ3n) is 6.03. The predicted molar refractivity (Wildman–Crippen MR) is 110 cm³/mol. The zero-order chi connectivity index (χ0) is 18.4. The van der Waals surface area contributed by atoms with Crippen LogP contribution >= 0.6 is 12.4 Å². The number of hydrogen-bond acceptors (Lipinski definition) is 4. The van der Waals surface area contributed by atoms with Gasteiger partial charge in [-0.05, 0) is 49.9 Å². The number of piperidine rings is 1. The van der Waals surface area contributed by atoms with Gasteiger partial charge in [0.15, 0.2) is 11.5 Å². The Balaban J connectivity index is 0.00000261. The third kappa shape index (κ3) is 5.08. The van der Waals surface area contributed by atoms with Crippen molar-refractivity contribution in [2.75, 3.05) is 27.3 Å². The van der Waals surface area contributed by atoms with Crippen molar-refractivity contribution in [2.24, 2.45) is 0 Å². The van der Waals surface area contributed by atoms with Crippen molar-refractivity contribution in [3.8, 4) is 11.5 Å². The number of ether oxygens (including phenoxy) is 2. The van der Waals surface area contributed by atoms with Crippen molar-refractivity contribution >= 4 is 18.3 Å². The molecule has 5 nitrogen and oxygen atoms in total. The first-order valence-electron chi connectivity index (χ1n) is 9.92. The SMILES string of the molecule is COc1ccc(C2(CNC(=O)C3CCCCN3)CCCCC2)cc1OC.Cl. The van der Waals surface area contributed by atoms with Gasteiger partial charge in [-0.1, -0.05) is 31.7 Å². The summed E-state index contributed by atoms with van der Waals surface area (Å²) in [4.78, 5) is 12.6. The standard InChI is InChI=1S/C21H32N2O3.ClH/c1-25-18-10-9-16(14-19(18)26-2)21(11-5-3-6-12-21)15-23-20(24)17-8-4-7-13-22-17;/h9-10,14,17,22H,3-8,11-13,15H2,1-2H3,(H,23,24);1H. The molecule has 0 radical (unpaired) electrons. The van der Waals surface area contributed by atoms with Gasteiger partial charge >= 0.3 is 0 Å². The van der Waals surface area contributed by atoms with E-state index in [2.05, 4.69) is 22.8 Å². The summed E-state index contributed by atoms with van der Waals surface area (Å²) in [6.07, 6.45) is 9.10. The highest BCUT2D eigenvalue weighted by Gasteiger charge is 2.35. The van der Waals surface area contributed by atoms with Crippen LogP contribution in [0.3, 0.4) is 0 Å². The van der Waals surface area contributed by atoms with Gasteiger partial charge in [0.25, 0.3) is 0 Å². The maximum atomic E-state index is 12.6. The van der Waals surface area contributed by atoms with E-state index in [9.17, 15) is 4.79 Å². The van der Waals surface area contributed by atoms with Crippen molar-refractivity contribution < 1.29 is 14.3 Å². The number of rotatable bonds is 6. The lowest BCUT2D eigenvalue weighted by Gasteiger charge is -2.39. The normalized spacial score (nSPS) is 21.6. The molecule has 1 heterocycles. The number of carbonyl (C=O) groups excluding carboxylic acids is 1. The molecule has 0 bridgehead atoms. The second-order valence-electron chi connectivity index (χ2n) is 7.63. The Hall–Kier alpha value is -1.46. The lowest BCUT2D eigenvalue weighted by Crippen LogP contribution is -2.50. The summed E-state index contributed by atoms with van der Waals surface area (Å²) in [5.74, 6) is 1.66. The molecule has 1 saturated carbocycles. The molecule has 1 amide bonds. The van der Waals surface area contributed by atoms with Crippen molar-refractivity contribution in [1.29, 1.82) is 0 Å². The minimum atomic E-state index is -0.0326. The van der Waals surface area contributed by atoms with Gasteiger partial charge in [0, 0.05) is 12.0 Å². The summed E-state index contributed by atoms with van der Waals surface area (Å²) in [5.41, 5.74) is 1.23. The molecule has 3 rings (SSSR count). The van der Waals surface area contributed by atoms with E-state index >= 15 is 0 Å². The number of carbonyl (C=O) groups is 1. The van der Waals surface area contributed by atoms with Crippen molar-refractivity contribution in [2.45, 2.75) is 62.8 Å². The van der Waals surface area contributed by atoms with Gasteiger partial charge in [-0.3, -0.25) is 4.79 Å². The first-order valence-corrected chi connectivity index (χ1v) is 9.92. The summed E-state index contributed by atoms with van der Waals surface area (Å²) in [6, 6.07) is 6.18. The van der Waals surface area contributed by atoms with E-state index in [0.29, 0.717) is 6.54 Å². The zero-order valence-corrected chi connectivity index (χ0v) is 17.3. The van der Waals surface area contributed by atoms with E-state index < -0.39 is 0 Å². The quantitative estimate of drug-likeness (QED) is 0.771. The van der Waals surface area contributed by atoms with Gasteiger partial charge < -0.3 is 20.1 Å². The van der Waals surface area contributed by atoms with Crippen LogP contribution in [0.25, 0.3) is 0 Å². The van der Waals surface area contributed by atoms with Gasteiger partial charge in [-0.15, -0.1) is 12.4 Å². The van der Waals surface area contributed by atoms with Gasteiger partial charge in [0.1, 0.15) is 0 Å². The molecule has 1 aliphatic carbocycles. The lowest BCUT2D eigenvalue weighted by atomic mass is 9.69. The first kappa shape index (κ1) is 21.8. The summed E-state index contributed by atoms with van der Waals surface area (Å²) >= 11 is 0. The van der Waals surface area contributed by atoms with E-state index in [1.54, 1.807) is 14.2 Å². The van der Waals surface area contributed by atoms with E-state index in [4.69, 9.17) is 9.47 Å². The molecule has 1 aromatic carbocycles. The van der Waals surface area contributed by atoms with Gasteiger partial charge in [-0.25, -0.2) is 0 Å². The molecule has 2 N–H and O–H groups in total. The molecule has 0 spiro atoms. The summed E-state index contributed by atoms with van der Waals surface area (Å²) in [5, 5.41) is 6.60. The van der Waals surface area contributed by atoms with E-state index in [0.717, 1.165) is 43.7 Å². The second kappa shape index (κ2) is 10.2. The monoisotopic (exact) mass is 396 g/mol. The molecule has 27 heavy (non-hydrogen) atoms. The average Bonchev–Trinajstić information content (AvgIpc) is 2.72. The van der Waals surface area contributed by atoms with Crippen LogP contribution in [0, 0.1) is 0 Å². The van der Waals surface area contributed by atoms with Crippen LogP contribution in [-0.4, -0.2) is 39.3 Å². The maximum Gasteiger partial charge on any atom is 0.237 e. The molecular formula is C21H33ClN2O3. The van der Waals surface area contributed by atoms with E-state index in [-0.39, 0.29) is 29.8 Å². The molecule has 2 aliphatic rings. The fourth-order valence-corrected chi connectivity index (χ4v) is 4.42. The molecule has 152 valence electrons. The molecule has 1 aliphatic heterocycles. The smallest absolute Gasteiger partial charge is 0.237 e. The average molecular weight is 397 g/mol. The molecule has 1 unspecified atom stereocenters. The fraction of sp³-hybridized carbons (Fsp3) is 0.667. The number of benzene rings is 1. The highest BCUT2D eigenvalue weighted by molar-refractivity contribution is 5.85. The van der Waals surface area contributed by atoms with Crippen LogP contribution in [0.2, 0.25) is 0 Å². The van der Waals surface area contributed by atoms with Crippen LogP contribution < -0.4 is 20.1 Å². The van der Waals surface area contributed by atoms with Crippen LogP contribution in [0.4, 0.5) is 0 Å². The molecule has 1 saturated heterocycles. The number of halogens is 1. The Labute approximate surface area is 169 Å². The minimum absolute atomic E-state index is 0. The summed E-state index contributed by atoms with van der Waals surface area (Å²) in [7, 11) is 3.33. The zero-order valence-electron chi connectivity index (χ0n) is 16.5. The van der Waals surface area contributed by atoms with Crippen molar-refractivity contribution in [3.05, 3.63) is 23.8 Å². The largest absolute Gasteiger partial charge is 0.493 e. The van der Waals surface area contributed by atoms with Gasteiger partial charge in [-0.2, -0.15) is 0 Å². The summed E-state index contributed by atoms with van der Waals surface area (Å²) in [6.45, 7) is 1.64. The van der Waals surface area contributed by atoms with Crippen molar-refractivity contribution in [1.82, 2.24) is 10.6 Å². The van der Waals surface area contributed by atoms with Crippen LogP contribution in [-0.2, 0) is 10.2 Å². The Kier molecular flexibility index (Phi) is 8.24. The highest BCUT2D eigenvalue weighted by atomic mass is 35.5. The highest BCUT2D eigenvalue weighted by Crippen LogP contribution is 2.42. The minimum Gasteiger partial charge on any atom is -0.493 e. The van der Waals surface area contributed by atoms with Crippen LogP contribution in [0.5, 0.6) is 11.5 Å². The van der Waals surface area contributed by atoms with Crippen molar-refractivity contribution in [3.63, 3.8) is 0 Å². The Morgan fingerprint density at radius 1 is 1.11 bits per heavy atom. The number of nitrogens with one attached hydrogen (secondary N) is 2. The third-order valence-corrected chi connectivity index (χ3v) is 6.03. The topological polar surface area (TPSA) is 59.6 Å². The Morgan fingerprint density at radius 2 is 1.85 bits per heavy atom. The number of amides is 1. The lowest BCUT2D eigenvalue weighted by molar-refractivity contribution is -0.124. The van der Waals surface area contributed by atoms with Crippen LogP contribution in [0.1, 0.15) is 56.9 Å². The Morgan fingerprint density at radius 3 is 2.48 bits per heavy atom. The molecule has 6 heteroatoms. The molecule has 0 aromatic heterocycles. The molecule has 2 fully saturated rings. The number of methoxy groups -OCH3 is 2. The maximum absolute atomic E-state index is 12.6. The fourth-order valence-electron chi connectivity index (χ4n) is 4.42. The molecule has 1 aromatic rings.